The highest BCUT2D eigenvalue weighted by Crippen LogP contribution is 2.36. The Morgan fingerprint density at radius 1 is 1.06 bits per heavy atom. The second kappa shape index (κ2) is 7.56. The van der Waals surface area contributed by atoms with Crippen molar-refractivity contribution in [2.75, 3.05) is 0 Å². The number of fused-ring (bicyclic) bond motifs is 1. The van der Waals surface area contributed by atoms with E-state index in [4.69, 9.17) is 4.74 Å². The van der Waals surface area contributed by atoms with Gasteiger partial charge in [-0.3, -0.25) is 4.68 Å². The number of ether oxygens (including phenoxy) is 1. The molecule has 0 radical (unpaired) electrons. The maximum atomic E-state index is 14.7. The molecule has 5 aromatic rings. The van der Waals surface area contributed by atoms with E-state index in [1.807, 2.05) is 0 Å². The van der Waals surface area contributed by atoms with Gasteiger partial charge in [0.2, 0.25) is 5.88 Å². The highest BCUT2D eigenvalue weighted by molar-refractivity contribution is 5.85. The highest BCUT2D eigenvalue weighted by Gasteiger charge is 2.22. The van der Waals surface area contributed by atoms with Gasteiger partial charge in [0, 0.05) is 18.2 Å². The molecule has 5 rings (SSSR count). The van der Waals surface area contributed by atoms with Crippen molar-refractivity contribution in [3.63, 3.8) is 0 Å². The summed E-state index contributed by atoms with van der Waals surface area (Å²) in [5, 5.41) is 16.7. The second-order valence-electron chi connectivity index (χ2n) is 6.72. The Morgan fingerprint density at radius 2 is 1.94 bits per heavy atom. The normalized spacial score (nSPS) is 11.2. The molecule has 31 heavy (non-hydrogen) atoms. The van der Waals surface area contributed by atoms with E-state index in [9.17, 15) is 8.78 Å². The lowest BCUT2D eigenvalue weighted by molar-refractivity contribution is 0.278. The zero-order chi connectivity index (χ0) is 21.4. The van der Waals surface area contributed by atoms with Crippen molar-refractivity contribution >= 4 is 5.52 Å². The molecule has 0 aliphatic heterocycles. The Balaban J connectivity index is 1.70. The third-order valence-electron chi connectivity index (χ3n) is 4.79. The fourth-order valence-electron chi connectivity index (χ4n) is 3.28. The molecule has 0 saturated heterocycles. The van der Waals surface area contributed by atoms with Gasteiger partial charge in [0.25, 0.3) is 0 Å². The SMILES string of the molecule is Cn1ncnc1COc1nn2c(-c3cccc(F)c3)nncc2c1-c1ccccc1F. The van der Waals surface area contributed by atoms with Gasteiger partial charge in [0.15, 0.2) is 11.6 Å². The van der Waals surface area contributed by atoms with Crippen molar-refractivity contribution in [3.05, 3.63) is 78.5 Å². The van der Waals surface area contributed by atoms with Crippen LogP contribution in [0.2, 0.25) is 0 Å². The Bertz CT molecular complexity index is 1400. The van der Waals surface area contributed by atoms with Crippen molar-refractivity contribution in [3.8, 4) is 28.4 Å². The predicted molar refractivity (Wildman–Crippen MR) is 107 cm³/mol. The molecule has 3 aromatic heterocycles. The fraction of sp³-hybridized carbons (Fsp3) is 0.0952. The van der Waals surface area contributed by atoms with E-state index >= 15 is 0 Å². The van der Waals surface area contributed by atoms with Gasteiger partial charge >= 0.3 is 0 Å². The third kappa shape index (κ3) is 3.37. The van der Waals surface area contributed by atoms with Gasteiger partial charge in [-0.25, -0.2) is 18.3 Å². The molecule has 0 unspecified atom stereocenters. The number of hydrogen-bond acceptors (Lipinski definition) is 6. The Morgan fingerprint density at radius 3 is 2.71 bits per heavy atom. The average Bonchev–Trinajstić information content (AvgIpc) is 3.35. The van der Waals surface area contributed by atoms with Crippen LogP contribution in [0.3, 0.4) is 0 Å². The topological polar surface area (TPSA) is 83.0 Å². The van der Waals surface area contributed by atoms with Crippen LogP contribution in [0.25, 0.3) is 28.0 Å². The molecule has 0 atom stereocenters. The molecule has 0 aliphatic carbocycles. The van der Waals surface area contributed by atoms with Gasteiger partial charge in [0.05, 0.1) is 11.8 Å². The zero-order valence-electron chi connectivity index (χ0n) is 16.3. The summed E-state index contributed by atoms with van der Waals surface area (Å²) < 4.78 is 37.5. The van der Waals surface area contributed by atoms with Crippen LogP contribution in [0.5, 0.6) is 5.88 Å². The molecule has 10 heteroatoms. The Labute approximate surface area is 174 Å². The van der Waals surface area contributed by atoms with E-state index in [1.165, 1.54) is 35.2 Å². The first-order valence-corrected chi connectivity index (χ1v) is 9.33. The van der Waals surface area contributed by atoms with E-state index in [-0.39, 0.29) is 12.5 Å². The largest absolute Gasteiger partial charge is 0.468 e. The standard InChI is InChI=1S/C21H15F2N7O/c1-29-18(24-12-26-29)11-31-21-19(15-7-2-3-8-16(15)23)17-10-25-27-20(30(17)28-21)13-5-4-6-14(22)9-13/h2-10,12H,11H2,1H3. The summed E-state index contributed by atoms with van der Waals surface area (Å²) in [6, 6.07) is 12.2. The molecular formula is C21H15F2N7O. The first-order chi connectivity index (χ1) is 15.1. The van der Waals surface area contributed by atoms with Crippen LogP contribution in [0, 0.1) is 11.6 Å². The number of aryl methyl sites for hydroxylation is 1. The number of hydrogen-bond donors (Lipinski definition) is 0. The van der Waals surface area contributed by atoms with E-state index in [0.29, 0.717) is 33.9 Å². The van der Waals surface area contributed by atoms with Crippen molar-refractivity contribution in [2.24, 2.45) is 7.05 Å². The summed E-state index contributed by atoms with van der Waals surface area (Å²) in [6.45, 7) is 0.0675. The quantitative estimate of drug-likeness (QED) is 0.434. The molecule has 0 spiro atoms. The lowest BCUT2D eigenvalue weighted by Crippen LogP contribution is -2.05. The van der Waals surface area contributed by atoms with Gasteiger partial charge in [0.1, 0.15) is 30.1 Å². The first-order valence-electron chi connectivity index (χ1n) is 9.33. The summed E-state index contributed by atoms with van der Waals surface area (Å²) in [6.07, 6.45) is 2.88. The summed E-state index contributed by atoms with van der Waals surface area (Å²) >= 11 is 0. The van der Waals surface area contributed by atoms with Gasteiger partial charge in [-0.15, -0.1) is 10.2 Å². The lowest BCUT2D eigenvalue weighted by atomic mass is 10.1. The monoisotopic (exact) mass is 419 g/mol. The summed E-state index contributed by atoms with van der Waals surface area (Å²) in [7, 11) is 1.74. The van der Waals surface area contributed by atoms with E-state index < -0.39 is 11.6 Å². The molecule has 0 saturated carbocycles. The maximum Gasteiger partial charge on any atom is 0.242 e. The average molecular weight is 419 g/mol. The molecule has 154 valence electrons. The molecule has 2 aromatic carbocycles. The number of rotatable bonds is 5. The van der Waals surface area contributed by atoms with E-state index in [2.05, 4.69) is 25.4 Å². The second-order valence-corrected chi connectivity index (χ2v) is 6.72. The van der Waals surface area contributed by atoms with Crippen molar-refractivity contribution in [1.82, 2.24) is 34.6 Å². The zero-order valence-corrected chi connectivity index (χ0v) is 16.3. The number of benzene rings is 2. The van der Waals surface area contributed by atoms with Gasteiger partial charge in [-0.1, -0.05) is 30.3 Å². The van der Waals surface area contributed by atoms with Gasteiger partial charge in [-0.2, -0.15) is 10.2 Å². The van der Waals surface area contributed by atoms with E-state index in [1.54, 1.807) is 42.1 Å². The minimum absolute atomic E-state index is 0.0675. The van der Waals surface area contributed by atoms with Crippen LogP contribution in [0.1, 0.15) is 5.82 Å². The van der Waals surface area contributed by atoms with Crippen molar-refractivity contribution < 1.29 is 13.5 Å². The molecule has 8 nitrogen and oxygen atoms in total. The first kappa shape index (κ1) is 18.8. The highest BCUT2D eigenvalue weighted by atomic mass is 19.1. The summed E-state index contributed by atoms with van der Waals surface area (Å²) in [5.41, 5.74) is 1.64. The Hall–Kier alpha value is -4.21. The van der Waals surface area contributed by atoms with Crippen LogP contribution in [0.15, 0.2) is 61.1 Å². The molecule has 0 N–H and O–H groups in total. The fourth-order valence-corrected chi connectivity index (χ4v) is 3.28. The number of halogens is 2. The smallest absolute Gasteiger partial charge is 0.242 e. The molecule has 0 fully saturated rings. The molecule has 0 amide bonds. The van der Waals surface area contributed by atoms with Crippen LogP contribution in [0.4, 0.5) is 8.78 Å². The molecular weight excluding hydrogens is 404 g/mol. The van der Waals surface area contributed by atoms with Crippen molar-refractivity contribution in [2.45, 2.75) is 6.61 Å². The lowest BCUT2D eigenvalue weighted by Gasteiger charge is -2.06. The maximum absolute atomic E-state index is 14.7. The van der Waals surface area contributed by atoms with Gasteiger partial charge in [-0.05, 0) is 18.2 Å². The van der Waals surface area contributed by atoms with Crippen LogP contribution < -0.4 is 4.74 Å². The predicted octanol–water partition coefficient (Wildman–Crippen LogP) is 3.44. The third-order valence-corrected chi connectivity index (χ3v) is 4.79. The number of nitrogens with zero attached hydrogens (tertiary/aromatic N) is 7. The number of aromatic nitrogens is 7. The minimum atomic E-state index is -0.440. The van der Waals surface area contributed by atoms with Crippen LogP contribution >= 0.6 is 0 Å². The summed E-state index contributed by atoms with van der Waals surface area (Å²) in [4.78, 5) is 4.13. The molecule has 3 heterocycles. The van der Waals surface area contributed by atoms with Crippen LogP contribution in [-0.4, -0.2) is 34.6 Å². The van der Waals surface area contributed by atoms with E-state index in [0.717, 1.165) is 0 Å². The molecule has 0 bridgehead atoms. The minimum Gasteiger partial charge on any atom is -0.468 e. The summed E-state index contributed by atoms with van der Waals surface area (Å²) in [5.74, 6) is 0.170. The Kier molecular flexibility index (Phi) is 4.58. The van der Waals surface area contributed by atoms with Gasteiger partial charge < -0.3 is 4.74 Å². The van der Waals surface area contributed by atoms with Crippen LogP contribution in [-0.2, 0) is 13.7 Å². The molecule has 0 aliphatic rings. The van der Waals surface area contributed by atoms with Crippen molar-refractivity contribution in [1.29, 1.82) is 0 Å².